The Bertz CT molecular complexity index is 427. The highest BCUT2D eigenvalue weighted by atomic mass is 16.5. The molecule has 0 aliphatic carbocycles. The topological polar surface area (TPSA) is 67.8 Å². The molecule has 98 valence electrons. The third-order valence-corrected chi connectivity index (χ3v) is 2.99. The Balaban J connectivity index is 2.11. The van der Waals surface area contributed by atoms with E-state index in [1.54, 1.807) is 12.1 Å². The van der Waals surface area contributed by atoms with Crippen LogP contribution in [0.1, 0.15) is 23.2 Å². The maximum atomic E-state index is 11.0. The Morgan fingerprint density at radius 3 is 2.72 bits per heavy atom. The summed E-state index contributed by atoms with van der Waals surface area (Å²) in [6.45, 7) is 1.91. The van der Waals surface area contributed by atoms with Gasteiger partial charge in [-0.2, -0.15) is 0 Å². The Morgan fingerprint density at radius 2 is 2.11 bits per heavy atom. The Kier molecular flexibility index (Phi) is 4.04. The fraction of sp³-hybridized carbons (Fsp3) is 0.462. The van der Waals surface area contributed by atoms with Gasteiger partial charge in [0.25, 0.3) is 0 Å². The van der Waals surface area contributed by atoms with E-state index in [1.807, 2.05) is 0 Å². The van der Waals surface area contributed by atoms with E-state index < -0.39 is 5.97 Å². The Morgan fingerprint density at radius 1 is 1.39 bits per heavy atom. The minimum Gasteiger partial charge on any atom is -0.496 e. The predicted octanol–water partition coefficient (Wildman–Crippen LogP) is 1.52. The number of hydrogen-bond donors (Lipinski definition) is 2. The lowest BCUT2D eigenvalue weighted by Crippen LogP contribution is -2.34. The van der Waals surface area contributed by atoms with Crippen molar-refractivity contribution in [1.29, 1.82) is 0 Å². The number of rotatable bonds is 4. The number of carbonyl (C=O) groups is 1. The number of carboxylic acids is 1. The largest absolute Gasteiger partial charge is 0.496 e. The summed E-state index contributed by atoms with van der Waals surface area (Å²) in [5.41, 5.74) is 0.148. The van der Waals surface area contributed by atoms with Crippen LogP contribution in [0.4, 0.5) is 0 Å². The van der Waals surface area contributed by atoms with Crippen LogP contribution in [-0.2, 0) is 0 Å². The van der Waals surface area contributed by atoms with Crippen LogP contribution in [-0.4, -0.2) is 37.4 Å². The average Bonchev–Trinajstić information content (AvgIpc) is 2.39. The highest BCUT2D eigenvalue weighted by Gasteiger charge is 2.16. The summed E-state index contributed by atoms with van der Waals surface area (Å²) in [4.78, 5) is 11.0. The molecule has 1 aliphatic heterocycles. The lowest BCUT2D eigenvalue weighted by molar-refractivity contribution is 0.0693. The van der Waals surface area contributed by atoms with Gasteiger partial charge in [-0.05, 0) is 38.1 Å². The summed E-state index contributed by atoms with van der Waals surface area (Å²) in [7, 11) is 1.45. The van der Waals surface area contributed by atoms with E-state index in [2.05, 4.69) is 5.32 Å². The van der Waals surface area contributed by atoms with Crippen LogP contribution in [0.5, 0.6) is 11.5 Å². The molecule has 0 aromatic heterocycles. The Labute approximate surface area is 106 Å². The standard InChI is InChI=1S/C13H17NO4/c1-17-12-8-10(2-3-11(12)13(15)16)18-9-4-6-14-7-5-9/h2-3,8-9,14H,4-7H2,1H3,(H,15,16). The third-order valence-electron chi connectivity index (χ3n) is 2.99. The Hall–Kier alpha value is -1.75. The third kappa shape index (κ3) is 2.92. The van der Waals surface area contributed by atoms with Gasteiger partial charge in [-0.3, -0.25) is 0 Å². The van der Waals surface area contributed by atoms with Crippen molar-refractivity contribution in [2.45, 2.75) is 18.9 Å². The van der Waals surface area contributed by atoms with Crippen LogP contribution in [0.3, 0.4) is 0 Å². The van der Waals surface area contributed by atoms with Gasteiger partial charge in [-0.1, -0.05) is 0 Å². The first-order valence-electron chi connectivity index (χ1n) is 5.99. The van der Waals surface area contributed by atoms with Crippen molar-refractivity contribution >= 4 is 5.97 Å². The minimum atomic E-state index is -1.000. The van der Waals surface area contributed by atoms with Gasteiger partial charge in [0.2, 0.25) is 0 Å². The molecule has 0 unspecified atom stereocenters. The molecular formula is C13H17NO4. The molecule has 0 bridgehead atoms. The molecule has 2 N–H and O–H groups in total. The number of methoxy groups -OCH3 is 1. The van der Waals surface area contributed by atoms with E-state index >= 15 is 0 Å². The van der Waals surface area contributed by atoms with Crippen molar-refractivity contribution in [3.63, 3.8) is 0 Å². The van der Waals surface area contributed by atoms with E-state index in [0.29, 0.717) is 11.5 Å². The summed E-state index contributed by atoms with van der Waals surface area (Å²) in [5, 5.41) is 12.2. The monoisotopic (exact) mass is 251 g/mol. The highest BCUT2D eigenvalue weighted by Crippen LogP contribution is 2.26. The van der Waals surface area contributed by atoms with Crippen molar-refractivity contribution in [3.05, 3.63) is 23.8 Å². The number of nitrogens with one attached hydrogen (secondary N) is 1. The van der Waals surface area contributed by atoms with Crippen LogP contribution in [0.15, 0.2) is 18.2 Å². The van der Waals surface area contributed by atoms with Crippen molar-refractivity contribution in [1.82, 2.24) is 5.32 Å². The van der Waals surface area contributed by atoms with Crippen molar-refractivity contribution in [2.75, 3.05) is 20.2 Å². The fourth-order valence-corrected chi connectivity index (χ4v) is 2.03. The van der Waals surface area contributed by atoms with Crippen LogP contribution >= 0.6 is 0 Å². The van der Waals surface area contributed by atoms with Crippen molar-refractivity contribution in [2.24, 2.45) is 0 Å². The van der Waals surface area contributed by atoms with Gasteiger partial charge >= 0.3 is 5.97 Å². The molecule has 0 atom stereocenters. The van der Waals surface area contributed by atoms with Crippen molar-refractivity contribution in [3.8, 4) is 11.5 Å². The number of aromatic carboxylic acids is 1. The van der Waals surface area contributed by atoms with Crippen molar-refractivity contribution < 1.29 is 19.4 Å². The molecule has 1 aromatic carbocycles. The summed E-state index contributed by atoms with van der Waals surface area (Å²) in [6.07, 6.45) is 2.11. The summed E-state index contributed by atoms with van der Waals surface area (Å²) in [5.74, 6) is -0.0158. The van der Waals surface area contributed by atoms with Gasteiger partial charge in [-0.15, -0.1) is 0 Å². The van der Waals surface area contributed by atoms with Gasteiger partial charge in [-0.25, -0.2) is 4.79 Å². The first kappa shape index (κ1) is 12.7. The van der Waals surface area contributed by atoms with E-state index in [1.165, 1.54) is 13.2 Å². The molecule has 0 saturated carbocycles. The lowest BCUT2D eigenvalue weighted by atomic mass is 10.1. The summed E-state index contributed by atoms with van der Waals surface area (Å²) in [6, 6.07) is 4.82. The zero-order valence-corrected chi connectivity index (χ0v) is 10.3. The minimum absolute atomic E-state index is 0.148. The fourth-order valence-electron chi connectivity index (χ4n) is 2.03. The van der Waals surface area contributed by atoms with E-state index in [4.69, 9.17) is 14.6 Å². The van der Waals surface area contributed by atoms with Crippen LogP contribution in [0.25, 0.3) is 0 Å². The molecule has 1 aromatic rings. The molecule has 0 spiro atoms. The second-order valence-corrected chi connectivity index (χ2v) is 4.23. The van der Waals surface area contributed by atoms with Gasteiger partial charge in [0.15, 0.2) is 0 Å². The van der Waals surface area contributed by atoms with Gasteiger partial charge in [0.05, 0.1) is 7.11 Å². The molecule has 1 heterocycles. The van der Waals surface area contributed by atoms with Gasteiger partial charge in [0, 0.05) is 6.07 Å². The maximum Gasteiger partial charge on any atom is 0.339 e. The second-order valence-electron chi connectivity index (χ2n) is 4.23. The SMILES string of the molecule is COc1cc(OC2CCNCC2)ccc1C(=O)O. The van der Waals surface area contributed by atoms with Gasteiger partial charge < -0.3 is 19.9 Å². The quantitative estimate of drug-likeness (QED) is 0.849. The maximum absolute atomic E-state index is 11.0. The second kappa shape index (κ2) is 5.73. The molecule has 5 heteroatoms. The first-order chi connectivity index (χ1) is 8.70. The normalized spacial score (nSPS) is 16.3. The zero-order valence-electron chi connectivity index (χ0n) is 10.3. The molecule has 0 amide bonds. The number of benzene rings is 1. The van der Waals surface area contributed by atoms with E-state index in [0.717, 1.165) is 25.9 Å². The van der Waals surface area contributed by atoms with Crippen LogP contribution < -0.4 is 14.8 Å². The molecule has 0 radical (unpaired) electrons. The number of ether oxygens (including phenoxy) is 2. The lowest BCUT2D eigenvalue weighted by Gasteiger charge is -2.24. The van der Waals surface area contributed by atoms with E-state index in [-0.39, 0.29) is 11.7 Å². The van der Waals surface area contributed by atoms with E-state index in [9.17, 15) is 4.79 Å². The first-order valence-corrected chi connectivity index (χ1v) is 5.99. The average molecular weight is 251 g/mol. The molecule has 5 nitrogen and oxygen atoms in total. The number of piperidine rings is 1. The van der Waals surface area contributed by atoms with Gasteiger partial charge in [0.1, 0.15) is 23.2 Å². The smallest absolute Gasteiger partial charge is 0.339 e. The van der Waals surface area contributed by atoms with Crippen LogP contribution in [0, 0.1) is 0 Å². The number of hydrogen-bond acceptors (Lipinski definition) is 4. The molecule has 1 aliphatic rings. The molecule has 1 fully saturated rings. The zero-order chi connectivity index (χ0) is 13.0. The summed E-state index contributed by atoms with van der Waals surface area (Å²) < 4.78 is 10.9. The molecule has 18 heavy (non-hydrogen) atoms. The van der Waals surface area contributed by atoms with Crippen LogP contribution in [0.2, 0.25) is 0 Å². The predicted molar refractivity (Wildman–Crippen MR) is 66.5 cm³/mol. The highest BCUT2D eigenvalue weighted by molar-refractivity contribution is 5.91. The molecule has 1 saturated heterocycles. The summed E-state index contributed by atoms with van der Waals surface area (Å²) >= 11 is 0. The molecular weight excluding hydrogens is 234 g/mol. The number of carboxylic acid groups (broad SMARTS) is 1. The molecule has 2 rings (SSSR count).